The van der Waals surface area contributed by atoms with Crippen LogP contribution in [0.2, 0.25) is 0 Å². The molecule has 1 aromatic rings. The Hall–Kier alpha value is -2.97. The lowest BCUT2D eigenvalue weighted by molar-refractivity contribution is -0.136. The van der Waals surface area contributed by atoms with Gasteiger partial charge in [0.1, 0.15) is 17.5 Å². The highest BCUT2D eigenvalue weighted by Gasteiger charge is 2.39. The summed E-state index contributed by atoms with van der Waals surface area (Å²) in [6.07, 6.45) is -0.167. The van der Waals surface area contributed by atoms with Gasteiger partial charge in [0.15, 0.2) is 0 Å². The molecular weight excluding hydrogens is 340 g/mol. The number of imide groups is 1. The minimum absolute atomic E-state index is 0.143. The van der Waals surface area contributed by atoms with E-state index in [1.54, 1.807) is 26.8 Å². The first-order valence-electron chi connectivity index (χ1n) is 8.28. The summed E-state index contributed by atoms with van der Waals surface area (Å²) in [6.45, 7) is 5.39. The SMILES string of the molecule is CC(C)(C)OC(=O)Nc1ccc2c(n1)CN(C1CCC(=O)NC1=O)C2=O. The second-order valence-electron chi connectivity index (χ2n) is 7.22. The van der Waals surface area contributed by atoms with Gasteiger partial charge in [-0.15, -0.1) is 0 Å². The van der Waals surface area contributed by atoms with E-state index in [0.717, 1.165) is 0 Å². The van der Waals surface area contributed by atoms with E-state index < -0.39 is 23.6 Å². The molecule has 2 N–H and O–H groups in total. The van der Waals surface area contributed by atoms with Crippen molar-refractivity contribution < 1.29 is 23.9 Å². The van der Waals surface area contributed by atoms with Crippen LogP contribution in [0, 0.1) is 0 Å². The van der Waals surface area contributed by atoms with Crippen LogP contribution in [0.3, 0.4) is 0 Å². The molecule has 0 saturated carbocycles. The van der Waals surface area contributed by atoms with Gasteiger partial charge in [-0.05, 0) is 39.3 Å². The third-order valence-corrected chi connectivity index (χ3v) is 4.00. The standard InChI is InChI=1S/C17H20N4O5/c1-17(2,3)26-16(25)19-12-6-4-9-10(18-12)8-21(15(9)24)11-5-7-13(22)20-14(11)23/h4,6,11H,5,7-8H2,1-3H3,(H,18,19,25)(H,20,22,23). The van der Waals surface area contributed by atoms with E-state index in [1.165, 1.54) is 11.0 Å². The first-order valence-corrected chi connectivity index (χ1v) is 8.28. The molecular formula is C17H20N4O5. The van der Waals surface area contributed by atoms with Crippen molar-refractivity contribution in [3.05, 3.63) is 23.4 Å². The smallest absolute Gasteiger partial charge is 0.413 e. The molecule has 3 rings (SSSR count). The fourth-order valence-corrected chi connectivity index (χ4v) is 2.91. The zero-order valence-electron chi connectivity index (χ0n) is 14.8. The predicted molar refractivity (Wildman–Crippen MR) is 90.1 cm³/mol. The van der Waals surface area contributed by atoms with E-state index in [1.807, 2.05) is 0 Å². The third-order valence-electron chi connectivity index (χ3n) is 4.00. The van der Waals surface area contributed by atoms with Crippen molar-refractivity contribution in [1.82, 2.24) is 15.2 Å². The topological polar surface area (TPSA) is 118 Å². The van der Waals surface area contributed by atoms with Gasteiger partial charge in [0.05, 0.1) is 17.8 Å². The van der Waals surface area contributed by atoms with Crippen molar-refractivity contribution in [1.29, 1.82) is 0 Å². The van der Waals surface area contributed by atoms with Crippen LogP contribution >= 0.6 is 0 Å². The largest absolute Gasteiger partial charge is 0.444 e. The average molecular weight is 360 g/mol. The van der Waals surface area contributed by atoms with Crippen LogP contribution in [-0.2, 0) is 20.9 Å². The minimum atomic E-state index is -0.698. The molecule has 0 aliphatic carbocycles. The van der Waals surface area contributed by atoms with Crippen LogP contribution in [0.5, 0.6) is 0 Å². The summed E-state index contributed by atoms with van der Waals surface area (Å²) < 4.78 is 5.17. The number of nitrogens with one attached hydrogen (secondary N) is 2. The van der Waals surface area contributed by atoms with Gasteiger partial charge in [0.2, 0.25) is 11.8 Å². The van der Waals surface area contributed by atoms with Gasteiger partial charge in [-0.1, -0.05) is 0 Å². The van der Waals surface area contributed by atoms with Gasteiger partial charge in [-0.25, -0.2) is 9.78 Å². The number of aromatic nitrogens is 1. The fourth-order valence-electron chi connectivity index (χ4n) is 2.91. The lowest BCUT2D eigenvalue weighted by atomic mass is 10.0. The molecule has 4 amide bonds. The zero-order valence-corrected chi connectivity index (χ0v) is 14.8. The highest BCUT2D eigenvalue weighted by molar-refractivity contribution is 6.05. The molecule has 2 aliphatic rings. The van der Waals surface area contributed by atoms with Crippen molar-refractivity contribution in [3.63, 3.8) is 0 Å². The quantitative estimate of drug-likeness (QED) is 0.765. The summed E-state index contributed by atoms with van der Waals surface area (Å²) in [5.74, 6) is -0.867. The average Bonchev–Trinajstić information content (AvgIpc) is 2.82. The Balaban J connectivity index is 1.73. The number of pyridine rings is 1. The Morgan fingerprint density at radius 1 is 1.31 bits per heavy atom. The fraction of sp³-hybridized carbons (Fsp3) is 0.471. The number of nitrogens with zero attached hydrogens (tertiary/aromatic N) is 2. The van der Waals surface area contributed by atoms with Gasteiger partial charge < -0.3 is 9.64 Å². The summed E-state index contributed by atoms with van der Waals surface area (Å²) >= 11 is 0. The summed E-state index contributed by atoms with van der Waals surface area (Å²) in [5, 5.41) is 4.77. The molecule has 0 bridgehead atoms. The van der Waals surface area contributed by atoms with Crippen molar-refractivity contribution in [2.24, 2.45) is 0 Å². The first kappa shape index (κ1) is 17.8. The molecule has 0 aromatic carbocycles. The number of carbonyl (C=O) groups excluding carboxylic acids is 4. The van der Waals surface area contributed by atoms with Crippen LogP contribution in [0.1, 0.15) is 49.7 Å². The zero-order chi connectivity index (χ0) is 19.1. The number of hydrogen-bond acceptors (Lipinski definition) is 6. The number of ether oxygens (including phenoxy) is 1. The molecule has 26 heavy (non-hydrogen) atoms. The number of fused-ring (bicyclic) bond motifs is 1. The van der Waals surface area contributed by atoms with Crippen molar-refractivity contribution >= 4 is 29.6 Å². The molecule has 1 unspecified atom stereocenters. The molecule has 1 saturated heterocycles. The molecule has 2 aliphatic heterocycles. The Bertz CT molecular complexity index is 799. The summed E-state index contributed by atoms with van der Waals surface area (Å²) in [5.41, 5.74) is 0.206. The summed E-state index contributed by atoms with van der Waals surface area (Å²) in [6, 6.07) is 2.37. The van der Waals surface area contributed by atoms with Gasteiger partial charge >= 0.3 is 6.09 Å². The number of carbonyl (C=O) groups is 4. The molecule has 1 fully saturated rings. The lowest BCUT2D eigenvalue weighted by Gasteiger charge is -2.29. The maximum absolute atomic E-state index is 12.6. The van der Waals surface area contributed by atoms with Crippen LogP contribution in [0.4, 0.5) is 10.6 Å². The molecule has 9 heteroatoms. The van der Waals surface area contributed by atoms with Crippen molar-refractivity contribution in [3.8, 4) is 0 Å². The Labute approximate surface area is 150 Å². The molecule has 1 aromatic heterocycles. The number of hydrogen-bond donors (Lipinski definition) is 2. The normalized spacial score (nSPS) is 19.9. The van der Waals surface area contributed by atoms with Gasteiger partial charge in [0.25, 0.3) is 5.91 Å². The predicted octanol–water partition coefficient (Wildman–Crippen LogP) is 1.19. The van der Waals surface area contributed by atoms with E-state index >= 15 is 0 Å². The number of anilines is 1. The van der Waals surface area contributed by atoms with E-state index in [-0.39, 0.29) is 37.0 Å². The van der Waals surface area contributed by atoms with Crippen LogP contribution < -0.4 is 10.6 Å². The monoisotopic (exact) mass is 360 g/mol. The molecule has 9 nitrogen and oxygen atoms in total. The van der Waals surface area contributed by atoms with E-state index in [2.05, 4.69) is 15.6 Å². The van der Waals surface area contributed by atoms with Crippen LogP contribution in [-0.4, -0.2) is 45.3 Å². The van der Waals surface area contributed by atoms with Crippen molar-refractivity contribution in [2.75, 3.05) is 5.32 Å². The lowest BCUT2D eigenvalue weighted by Crippen LogP contribution is -2.52. The number of amides is 4. The molecule has 1 atom stereocenters. The Morgan fingerprint density at radius 3 is 2.69 bits per heavy atom. The second kappa shape index (κ2) is 6.40. The van der Waals surface area contributed by atoms with Crippen molar-refractivity contribution in [2.45, 2.75) is 51.8 Å². The maximum atomic E-state index is 12.6. The number of rotatable bonds is 2. The summed E-state index contributed by atoms with van der Waals surface area (Å²) in [4.78, 5) is 53.4. The van der Waals surface area contributed by atoms with E-state index in [0.29, 0.717) is 11.3 Å². The molecule has 0 spiro atoms. The Kier molecular flexibility index (Phi) is 4.39. The van der Waals surface area contributed by atoms with E-state index in [9.17, 15) is 19.2 Å². The van der Waals surface area contributed by atoms with Gasteiger partial charge in [-0.2, -0.15) is 0 Å². The van der Waals surface area contributed by atoms with Gasteiger partial charge in [0, 0.05) is 6.42 Å². The molecule has 0 radical (unpaired) electrons. The summed E-state index contributed by atoms with van der Waals surface area (Å²) in [7, 11) is 0. The number of piperidine rings is 1. The first-order chi connectivity index (χ1) is 12.1. The van der Waals surface area contributed by atoms with Crippen LogP contribution in [0.15, 0.2) is 12.1 Å². The highest BCUT2D eigenvalue weighted by atomic mass is 16.6. The van der Waals surface area contributed by atoms with E-state index in [4.69, 9.17) is 4.74 Å². The maximum Gasteiger partial charge on any atom is 0.413 e. The van der Waals surface area contributed by atoms with Crippen LogP contribution in [0.25, 0.3) is 0 Å². The minimum Gasteiger partial charge on any atom is -0.444 e. The Morgan fingerprint density at radius 2 is 2.04 bits per heavy atom. The highest BCUT2D eigenvalue weighted by Crippen LogP contribution is 2.27. The van der Waals surface area contributed by atoms with Gasteiger partial charge in [-0.3, -0.25) is 25.0 Å². The molecule has 3 heterocycles. The molecule has 138 valence electrons. The second-order valence-corrected chi connectivity index (χ2v) is 7.22. The third kappa shape index (κ3) is 3.66.